The molecule has 0 amide bonds. The summed E-state index contributed by atoms with van der Waals surface area (Å²) in [4.78, 5) is 4.64. The van der Waals surface area contributed by atoms with Gasteiger partial charge in [0.05, 0.1) is 5.75 Å². The van der Waals surface area contributed by atoms with E-state index in [1.54, 1.807) is 0 Å². The Morgan fingerprint density at radius 3 is 2.17 bits per heavy atom. The second-order valence-corrected chi connectivity index (χ2v) is 7.56. The third kappa shape index (κ3) is 5.65. The molecular weight excluding hydrogens is 250 g/mol. The summed E-state index contributed by atoms with van der Waals surface area (Å²) in [5.41, 5.74) is 0. The molecule has 1 aliphatic heterocycles. The van der Waals surface area contributed by atoms with E-state index in [1.165, 1.54) is 0 Å². The average molecular weight is 277 g/mol. The number of sulfonamides is 1. The van der Waals surface area contributed by atoms with Gasteiger partial charge in [-0.3, -0.25) is 4.90 Å². The topological polar surface area (TPSA) is 52.7 Å². The number of rotatable bonds is 6. The molecule has 1 aliphatic rings. The fourth-order valence-electron chi connectivity index (χ4n) is 2.14. The molecule has 1 heterocycles. The molecule has 0 spiro atoms. The van der Waals surface area contributed by atoms with Crippen molar-refractivity contribution in [1.82, 2.24) is 14.5 Å². The van der Waals surface area contributed by atoms with Crippen molar-refractivity contribution in [2.75, 3.05) is 45.5 Å². The Hall–Kier alpha value is -0.170. The molecule has 0 bridgehead atoms. The van der Waals surface area contributed by atoms with Crippen LogP contribution in [-0.4, -0.2) is 69.8 Å². The fraction of sp³-hybridized carbons (Fsp3) is 1.00. The van der Waals surface area contributed by atoms with Gasteiger partial charge in [-0.15, -0.1) is 0 Å². The van der Waals surface area contributed by atoms with Crippen molar-refractivity contribution in [2.45, 2.75) is 26.8 Å². The second kappa shape index (κ2) is 6.84. The van der Waals surface area contributed by atoms with Crippen LogP contribution in [0.4, 0.5) is 0 Å². The predicted molar refractivity (Wildman–Crippen MR) is 75.2 cm³/mol. The Balaban J connectivity index is 2.34. The quantitative estimate of drug-likeness (QED) is 0.753. The molecule has 1 fully saturated rings. The van der Waals surface area contributed by atoms with E-state index in [4.69, 9.17) is 0 Å². The zero-order valence-corrected chi connectivity index (χ0v) is 12.8. The van der Waals surface area contributed by atoms with Crippen LogP contribution in [0.15, 0.2) is 0 Å². The minimum Gasteiger partial charge on any atom is -0.304 e. The summed E-state index contributed by atoms with van der Waals surface area (Å²) >= 11 is 0. The highest BCUT2D eigenvalue weighted by atomic mass is 32.2. The Labute approximate surface area is 112 Å². The van der Waals surface area contributed by atoms with Crippen molar-refractivity contribution in [3.63, 3.8) is 0 Å². The Morgan fingerprint density at radius 2 is 1.67 bits per heavy atom. The number of nitrogens with one attached hydrogen (secondary N) is 1. The van der Waals surface area contributed by atoms with Crippen molar-refractivity contribution in [3.05, 3.63) is 0 Å². The smallest absolute Gasteiger partial charge is 0.211 e. The molecule has 1 saturated heterocycles. The van der Waals surface area contributed by atoms with Crippen LogP contribution in [0.3, 0.4) is 0 Å². The van der Waals surface area contributed by atoms with E-state index in [-0.39, 0.29) is 17.7 Å². The molecule has 108 valence electrons. The molecule has 0 aromatic carbocycles. The van der Waals surface area contributed by atoms with E-state index in [0.717, 1.165) is 26.2 Å². The van der Waals surface area contributed by atoms with Crippen molar-refractivity contribution in [2.24, 2.45) is 5.92 Å². The van der Waals surface area contributed by atoms with Gasteiger partial charge in [-0.2, -0.15) is 0 Å². The first-order chi connectivity index (χ1) is 8.30. The normalized spacial score (nSPS) is 21.4. The lowest BCUT2D eigenvalue weighted by molar-refractivity contribution is 0.120. The molecular formula is C12H27N3O2S. The molecule has 6 heteroatoms. The van der Waals surface area contributed by atoms with Crippen LogP contribution in [-0.2, 0) is 10.0 Å². The molecule has 0 radical (unpaired) electrons. The summed E-state index contributed by atoms with van der Waals surface area (Å²) in [5.74, 6) is 0.379. The van der Waals surface area contributed by atoms with Gasteiger partial charge in [-0.25, -0.2) is 13.1 Å². The van der Waals surface area contributed by atoms with Gasteiger partial charge in [0, 0.05) is 38.8 Å². The molecule has 1 unspecified atom stereocenters. The number of hydrogen-bond donors (Lipinski definition) is 1. The van der Waals surface area contributed by atoms with Crippen LogP contribution in [0, 0.1) is 5.92 Å². The standard InChI is InChI=1S/C12H27N3O2S/c1-11(2)10-18(16,17)13-9-12(3)15-7-5-14(4)6-8-15/h11-13H,5-10H2,1-4H3. The number of likely N-dealkylation sites (N-methyl/N-ethyl adjacent to an activating group) is 1. The monoisotopic (exact) mass is 277 g/mol. The van der Waals surface area contributed by atoms with E-state index in [9.17, 15) is 8.42 Å². The SMILES string of the molecule is CC(C)CS(=O)(=O)NCC(C)N1CCN(C)CC1. The molecule has 1 atom stereocenters. The van der Waals surface area contributed by atoms with E-state index >= 15 is 0 Å². The van der Waals surface area contributed by atoms with Gasteiger partial charge in [0.25, 0.3) is 0 Å². The molecule has 0 aromatic heterocycles. The number of hydrogen-bond acceptors (Lipinski definition) is 4. The first-order valence-corrected chi connectivity index (χ1v) is 8.35. The first-order valence-electron chi connectivity index (χ1n) is 6.70. The van der Waals surface area contributed by atoms with Gasteiger partial charge >= 0.3 is 0 Å². The second-order valence-electron chi connectivity index (χ2n) is 5.71. The van der Waals surface area contributed by atoms with Crippen LogP contribution in [0.5, 0.6) is 0 Å². The number of piperazine rings is 1. The van der Waals surface area contributed by atoms with Crippen molar-refractivity contribution in [3.8, 4) is 0 Å². The van der Waals surface area contributed by atoms with E-state index < -0.39 is 10.0 Å². The van der Waals surface area contributed by atoms with Crippen LogP contribution in [0.2, 0.25) is 0 Å². The van der Waals surface area contributed by atoms with E-state index in [1.807, 2.05) is 13.8 Å². The molecule has 1 N–H and O–H groups in total. The molecule has 0 aliphatic carbocycles. The van der Waals surface area contributed by atoms with Crippen LogP contribution < -0.4 is 4.72 Å². The lowest BCUT2D eigenvalue weighted by atomic mass is 10.2. The zero-order chi connectivity index (χ0) is 13.8. The van der Waals surface area contributed by atoms with Gasteiger partial charge in [0.15, 0.2) is 0 Å². The van der Waals surface area contributed by atoms with Crippen LogP contribution in [0.1, 0.15) is 20.8 Å². The highest BCUT2D eigenvalue weighted by Crippen LogP contribution is 2.05. The van der Waals surface area contributed by atoms with Gasteiger partial charge in [-0.1, -0.05) is 13.8 Å². The van der Waals surface area contributed by atoms with Crippen molar-refractivity contribution in [1.29, 1.82) is 0 Å². The third-order valence-corrected chi connectivity index (χ3v) is 5.02. The largest absolute Gasteiger partial charge is 0.304 e. The summed E-state index contributed by atoms with van der Waals surface area (Å²) in [6.07, 6.45) is 0. The first kappa shape index (κ1) is 15.9. The van der Waals surface area contributed by atoms with Gasteiger partial charge < -0.3 is 4.90 Å². The van der Waals surface area contributed by atoms with E-state index in [0.29, 0.717) is 6.54 Å². The van der Waals surface area contributed by atoms with Crippen LogP contribution >= 0.6 is 0 Å². The molecule has 1 rings (SSSR count). The fourth-order valence-corrected chi connectivity index (χ4v) is 3.63. The maximum atomic E-state index is 11.7. The number of nitrogens with zero attached hydrogens (tertiary/aromatic N) is 2. The highest BCUT2D eigenvalue weighted by molar-refractivity contribution is 7.89. The minimum absolute atomic E-state index is 0.168. The van der Waals surface area contributed by atoms with Gasteiger partial charge in [0.1, 0.15) is 0 Å². The molecule has 0 aromatic rings. The van der Waals surface area contributed by atoms with Crippen LogP contribution in [0.25, 0.3) is 0 Å². The maximum absolute atomic E-state index is 11.7. The molecule has 18 heavy (non-hydrogen) atoms. The summed E-state index contributed by atoms with van der Waals surface area (Å²) in [6.45, 7) is 10.6. The Bertz CT molecular complexity index is 335. The Kier molecular flexibility index (Phi) is 6.04. The zero-order valence-electron chi connectivity index (χ0n) is 12.0. The summed E-state index contributed by atoms with van der Waals surface area (Å²) in [5, 5.41) is 0. The summed E-state index contributed by atoms with van der Waals surface area (Å²) in [6, 6.07) is 0.264. The van der Waals surface area contributed by atoms with Gasteiger partial charge in [-0.05, 0) is 19.9 Å². The van der Waals surface area contributed by atoms with E-state index in [2.05, 4.69) is 28.5 Å². The predicted octanol–water partition coefficient (Wildman–Crippen LogP) is 0.198. The average Bonchev–Trinajstić information content (AvgIpc) is 2.25. The minimum atomic E-state index is -3.11. The van der Waals surface area contributed by atoms with Crippen molar-refractivity contribution < 1.29 is 8.42 Å². The third-order valence-electron chi connectivity index (χ3n) is 3.31. The highest BCUT2D eigenvalue weighted by Gasteiger charge is 2.21. The van der Waals surface area contributed by atoms with Crippen molar-refractivity contribution >= 4 is 10.0 Å². The summed E-state index contributed by atoms with van der Waals surface area (Å²) in [7, 11) is -0.994. The Morgan fingerprint density at radius 1 is 1.11 bits per heavy atom. The maximum Gasteiger partial charge on any atom is 0.211 e. The summed E-state index contributed by atoms with van der Waals surface area (Å²) < 4.78 is 26.2. The van der Waals surface area contributed by atoms with Gasteiger partial charge in [0.2, 0.25) is 10.0 Å². The lowest BCUT2D eigenvalue weighted by Crippen LogP contribution is -2.51. The molecule has 5 nitrogen and oxygen atoms in total. The molecule has 0 saturated carbocycles. The lowest BCUT2D eigenvalue weighted by Gasteiger charge is -2.36.